The molecule has 96 valence electrons. The molecule has 2 rings (SSSR count). The maximum atomic E-state index is 12.0. The van der Waals surface area contributed by atoms with Crippen molar-refractivity contribution in [2.75, 3.05) is 0 Å². The fraction of sp³-hybridized carbons (Fsp3) is 0.167. The SMILES string of the molecule is C[C@@H](NS(=O)(=O)c1cccs1)c1ccc(Br)cc1. The monoisotopic (exact) mass is 345 g/mol. The van der Waals surface area contributed by atoms with Crippen LogP contribution in [-0.4, -0.2) is 8.42 Å². The number of sulfonamides is 1. The smallest absolute Gasteiger partial charge is 0.206 e. The largest absolute Gasteiger partial charge is 0.250 e. The van der Waals surface area contributed by atoms with Crippen LogP contribution in [0.3, 0.4) is 0 Å². The van der Waals surface area contributed by atoms with Crippen LogP contribution < -0.4 is 4.72 Å². The van der Waals surface area contributed by atoms with Crippen molar-refractivity contribution in [3.05, 3.63) is 51.8 Å². The van der Waals surface area contributed by atoms with E-state index in [4.69, 9.17) is 0 Å². The highest BCUT2D eigenvalue weighted by molar-refractivity contribution is 9.10. The Hall–Kier alpha value is -0.690. The fourth-order valence-corrected chi connectivity index (χ4v) is 4.03. The van der Waals surface area contributed by atoms with Crippen molar-refractivity contribution in [1.82, 2.24) is 4.72 Å². The molecule has 1 aromatic heterocycles. The summed E-state index contributed by atoms with van der Waals surface area (Å²) < 4.78 is 28.0. The lowest BCUT2D eigenvalue weighted by Crippen LogP contribution is -2.26. The lowest BCUT2D eigenvalue weighted by molar-refractivity contribution is 0.569. The molecule has 0 aliphatic heterocycles. The van der Waals surface area contributed by atoms with E-state index in [0.717, 1.165) is 10.0 Å². The van der Waals surface area contributed by atoms with Crippen molar-refractivity contribution in [1.29, 1.82) is 0 Å². The minimum absolute atomic E-state index is 0.259. The van der Waals surface area contributed by atoms with Crippen LogP contribution in [0.4, 0.5) is 0 Å². The minimum Gasteiger partial charge on any atom is -0.206 e. The van der Waals surface area contributed by atoms with Crippen molar-refractivity contribution < 1.29 is 8.42 Å². The van der Waals surface area contributed by atoms with E-state index < -0.39 is 10.0 Å². The highest BCUT2D eigenvalue weighted by Crippen LogP contribution is 2.21. The second kappa shape index (κ2) is 5.52. The van der Waals surface area contributed by atoms with Crippen LogP contribution in [0.2, 0.25) is 0 Å². The normalized spacial score (nSPS) is 13.4. The number of thiophene rings is 1. The third-order valence-electron chi connectivity index (χ3n) is 2.46. The van der Waals surface area contributed by atoms with Crippen LogP contribution in [0, 0.1) is 0 Å². The van der Waals surface area contributed by atoms with Gasteiger partial charge in [-0.2, -0.15) is 0 Å². The third-order valence-corrected chi connectivity index (χ3v) is 5.93. The lowest BCUT2D eigenvalue weighted by Gasteiger charge is -2.13. The van der Waals surface area contributed by atoms with E-state index in [9.17, 15) is 8.42 Å². The summed E-state index contributed by atoms with van der Waals surface area (Å²) in [7, 11) is -3.42. The van der Waals surface area contributed by atoms with Gasteiger partial charge < -0.3 is 0 Å². The first-order valence-electron chi connectivity index (χ1n) is 5.30. The van der Waals surface area contributed by atoms with Gasteiger partial charge in [0, 0.05) is 10.5 Å². The van der Waals surface area contributed by atoms with Crippen molar-refractivity contribution >= 4 is 37.3 Å². The summed E-state index contributed by atoms with van der Waals surface area (Å²) >= 11 is 4.56. The zero-order valence-corrected chi connectivity index (χ0v) is 12.8. The van der Waals surface area contributed by atoms with E-state index in [1.807, 2.05) is 31.2 Å². The predicted octanol–water partition coefficient (Wildman–Crippen LogP) is 3.55. The van der Waals surface area contributed by atoms with Gasteiger partial charge in [0.25, 0.3) is 10.0 Å². The van der Waals surface area contributed by atoms with Crippen molar-refractivity contribution in [2.24, 2.45) is 0 Å². The summed E-state index contributed by atoms with van der Waals surface area (Å²) in [5.41, 5.74) is 0.929. The molecule has 0 radical (unpaired) electrons. The van der Waals surface area contributed by atoms with E-state index >= 15 is 0 Å². The Morgan fingerprint density at radius 2 is 1.89 bits per heavy atom. The number of nitrogens with one attached hydrogen (secondary N) is 1. The van der Waals surface area contributed by atoms with Crippen LogP contribution in [0.15, 0.2) is 50.5 Å². The zero-order chi connectivity index (χ0) is 13.2. The van der Waals surface area contributed by atoms with Gasteiger partial charge in [0.05, 0.1) is 0 Å². The lowest BCUT2D eigenvalue weighted by atomic mass is 10.1. The quantitative estimate of drug-likeness (QED) is 0.920. The molecule has 0 amide bonds. The van der Waals surface area contributed by atoms with Crippen molar-refractivity contribution in [3.63, 3.8) is 0 Å². The molecule has 0 aliphatic carbocycles. The molecule has 1 N–H and O–H groups in total. The van der Waals surface area contributed by atoms with Gasteiger partial charge in [0.2, 0.25) is 0 Å². The topological polar surface area (TPSA) is 46.2 Å². The van der Waals surface area contributed by atoms with Crippen LogP contribution in [-0.2, 0) is 10.0 Å². The molecule has 18 heavy (non-hydrogen) atoms. The standard InChI is InChI=1S/C12H12BrNO2S2/c1-9(10-4-6-11(13)7-5-10)14-18(15,16)12-3-2-8-17-12/h2-9,14H,1H3/t9-/m1/s1. The van der Waals surface area contributed by atoms with Crippen molar-refractivity contribution in [3.8, 4) is 0 Å². The van der Waals surface area contributed by atoms with E-state index in [1.54, 1.807) is 17.5 Å². The third kappa shape index (κ3) is 3.20. The van der Waals surface area contributed by atoms with Gasteiger partial charge in [-0.05, 0) is 36.1 Å². The Balaban J connectivity index is 2.17. The molecular formula is C12H12BrNO2S2. The summed E-state index contributed by atoms with van der Waals surface area (Å²) in [5, 5.41) is 1.75. The summed E-state index contributed by atoms with van der Waals surface area (Å²) in [6.07, 6.45) is 0. The van der Waals surface area contributed by atoms with Gasteiger partial charge in [-0.1, -0.05) is 34.1 Å². The molecule has 2 aromatic rings. The molecule has 0 fully saturated rings. The van der Waals surface area contributed by atoms with Gasteiger partial charge in [-0.3, -0.25) is 0 Å². The van der Waals surface area contributed by atoms with E-state index in [2.05, 4.69) is 20.7 Å². The first-order valence-corrected chi connectivity index (χ1v) is 8.46. The van der Waals surface area contributed by atoms with E-state index in [1.165, 1.54) is 11.3 Å². The summed E-state index contributed by atoms with van der Waals surface area (Å²) in [6, 6.07) is 10.6. The van der Waals surface area contributed by atoms with E-state index in [0.29, 0.717) is 4.21 Å². The molecule has 0 aliphatic rings. The Kier molecular flexibility index (Phi) is 4.21. The number of hydrogen-bond donors (Lipinski definition) is 1. The highest BCUT2D eigenvalue weighted by Gasteiger charge is 2.18. The summed E-state index contributed by atoms with van der Waals surface area (Å²) in [4.78, 5) is 0. The molecule has 1 heterocycles. The summed E-state index contributed by atoms with van der Waals surface area (Å²) in [6.45, 7) is 1.83. The number of hydrogen-bond acceptors (Lipinski definition) is 3. The fourth-order valence-electron chi connectivity index (χ4n) is 1.53. The predicted molar refractivity (Wildman–Crippen MR) is 77.2 cm³/mol. The molecular weight excluding hydrogens is 334 g/mol. The van der Waals surface area contributed by atoms with E-state index in [-0.39, 0.29) is 6.04 Å². The van der Waals surface area contributed by atoms with Crippen LogP contribution >= 0.6 is 27.3 Å². The first-order chi connectivity index (χ1) is 8.49. The second-order valence-electron chi connectivity index (χ2n) is 3.83. The maximum Gasteiger partial charge on any atom is 0.250 e. The summed E-state index contributed by atoms with van der Waals surface area (Å²) in [5.74, 6) is 0. The molecule has 6 heteroatoms. The number of benzene rings is 1. The Morgan fingerprint density at radius 3 is 2.44 bits per heavy atom. The Labute approximate surface area is 119 Å². The highest BCUT2D eigenvalue weighted by atomic mass is 79.9. The Bertz CT molecular complexity index is 606. The minimum atomic E-state index is -3.42. The molecule has 0 unspecified atom stereocenters. The average Bonchev–Trinajstić information content (AvgIpc) is 2.83. The number of halogens is 1. The van der Waals surface area contributed by atoms with Gasteiger partial charge in [0.15, 0.2) is 0 Å². The first kappa shape index (κ1) is 13.7. The molecule has 1 atom stereocenters. The van der Waals surface area contributed by atoms with Gasteiger partial charge in [-0.15, -0.1) is 11.3 Å². The Morgan fingerprint density at radius 1 is 1.22 bits per heavy atom. The van der Waals surface area contributed by atoms with Crippen molar-refractivity contribution in [2.45, 2.75) is 17.2 Å². The number of rotatable bonds is 4. The molecule has 0 saturated carbocycles. The average molecular weight is 346 g/mol. The van der Waals surface area contributed by atoms with Crippen LogP contribution in [0.5, 0.6) is 0 Å². The van der Waals surface area contributed by atoms with Crippen LogP contribution in [0.1, 0.15) is 18.5 Å². The molecule has 0 spiro atoms. The van der Waals surface area contributed by atoms with Gasteiger partial charge in [-0.25, -0.2) is 13.1 Å². The van der Waals surface area contributed by atoms with Gasteiger partial charge in [0.1, 0.15) is 4.21 Å². The van der Waals surface area contributed by atoms with Crippen LogP contribution in [0.25, 0.3) is 0 Å². The van der Waals surface area contributed by atoms with Gasteiger partial charge >= 0.3 is 0 Å². The zero-order valence-electron chi connectivity index (χ0n) is 9.63. The maximum absolute atomic E-state index is 12.0. The molecule has 0 saturated heterocycles. The molecule has 0 bridgehead atoms. The second-order valence-corrected chi connectivity index (χ2v) is 7.63. The molecule has 3 nitrogen and oxygen atoms in total. The molecule has 1 aromatic carbocycles.